The summed E-state index contributed by atoms with van der Waals surface area (Å²) < 4.78 is 5.12. The number of carbonyl (C=O) groups excluding carboxylic acids is 1. The molecule has 1 heterocycles. The monoisotopic (exact) mass is 266 g/mol. The van der Waals surface area contributed by atoms with E-state index in [4.69, 9.17) is 10.5 Å². The number of aryl methyl sites for hydroxylation is 1. The van der Waals surface area contributed by atoms with Crippen molar-refractivity contribution in [2.75, 3.05) is 6.54 Å². The van der Waals surface area contributed by atoms with E-state index in [0.29, 0.717) is 13.0 Å². The van der Waals surface area contributed by atoms with Crippen molar-refractivity contribution in [1.82, 2.24) is 15.3 Å². The lowest BCUT2D eigenvalue weighted by molar-refractivity contribution is 0.0524. The molecule has 3 N–H and O–H groups in total. The van der Waals surface area contributed by atoms with E-state index in [1.54, 1.807) is 12.4 Å². The summed E-state index contributed by atoms with van der Waals surface area (Å²) in [6.45, 7) is 7.66. The number of nitrogens with zero attached hydrogens (tertiary/aromatic N) is 2. The number of carbonyl (C=O) groups is 1. The largest absolute Gasteiger partial charge is 0.444 e. The molecule has 0 aliphatic heterocycles. The highest BCUT2D eigenvalue weighted by Crippen LogP contribution is 2.06. The van der Waals surface area contributed by atoms with Crippen LogP contribution in [0, 0.1) is 6.92 Å². The van der Waals surface area contributed by atoms with E-state index in [1.165, 1.54) is 0 Å². The van der Waals surface area contributed by atoms with Gasteiger partial charge in [-0.05, 0) is 27.7 Å². The number of alkyl carbamates (subject to hydrolysis) is 1. The minimum absolute atomic E-state index is 0.218. The van der Waals surface area contributed by atoms with E-state index >= 15 is 0 Å². The second-order valence-electron chi connectivity index (χ2n) is 5.50. The first-order valence-electron chi connectivity index (χ1n) is 6.26. The molecule has 0 saturated heterocycles. The summed E-state index contributed by atoms with van der Waals surface area (Å²) in [5, 5.41) is 2.64. The Morgan fingerprint density at radius 1 is 1.42 bits per heavy atom. The molecule has 0 aromatic carbocycles. The van der Waals surface area contributed by atoms with Crippen molar-refractivity contribution in [3.05, 3.63) is 23.8 Å². The fourth-order valence-corrected chi connectivity index (χ4v) is 1.39. The molecule has 0 aliphatic carbocycles. The molecule has 0 fully saturated rings. The van der Waals surface area contributed by atoms with Gasteiger partial charge in [-0.15, -0.1) is 0 Å². The van der Waals surface area contributed by atoms with E-state index < -0.39 is 11.7 Å². The first-order valence-corrected chi connectivity index (χ1v) is 6.26. The van der Waals surface area contributed by atoms with Crippen molar-refractivity contribution >= 4 is 6.09 Å². The second-order valence-corrected chi connectivity index (χ2v) is 5.50. The molecule has 1 aromatic rings. The van der Waals surface area contributed by atoms with Gasteiger partial charge in [0.1, 0.15) is 5.60 Å². The zero-order valence-electron chi connectivity index (χ0n) is 11.9. The highest BCUT2D eigenvalue weighted by molar-refractivity contribution is 5.67. The molecule has 0 spiro atoms. The lowest BCUT2D eigenvalue weighted by atomic mass is 10.2. The molecule has 0 aliphatic rings. The van der Waals surface area contributed by atoms with Crippen LogP contribution in [-0.4, -0.2) is 34.2 Å². The molecule has 19 heavy (non-hydrogen) atoms. The maximum absolute atomic E-state index is 11.4. The van der Waals surface area contributed by atoms with Crippen LogP contribution in [0.15, 0.2) is 12.4 Å². The van der Waals surface area contributed by atoms with Crippen molar-refractivity contribution < 1.29 is 9.53 Å². The van der Waals surface area contributed by atoms with Crippen LogP contribution < -0.4 is 11.1 Å². The van der Waals surface area contributed by atoms with Crippen molar-refractivity contribution in [2.24, 2.45) is 5.73 Å². The van der Waals surface area contributed by atoms with Crippen LogP contribution in [0.3, 0.4) is 0 Å². The van der Waals surface area contributed by atoms with Crippen LogP contribution in [0.25, 0.3) is 0 Å². The van der Waals surface area contributed by atoms with E-state index in [2.05, 4.69) is 15.3 Å². The zero-order valence-corrected chi connectivity index (χ0v) is 11.9. The Labute approximate surface area is 113 Å². The average Bonchev–Trinajstić information content (AvgIpc) is 2.27. The molecule has 6 heteroatoms. The number of aromatic nitrogens is 2. The van der Waals surface area contributed by atoms with Gasteiger partial charge in [-0.3, -0.25) is 9.97 Å². The maximum atomic E-state index is 11.4. The Hall–Kier alpha value is -1.69. The van der Waals surface area contributed by atoms with E-state index in [1.807, 2.05) is 27.7 Å². The summed E-state index contributed by atoms with van der Waals surface area (Å²) in [6, 6.07) is -0.218. The Morgan fingerprint density at radius 3 is 2.63 bits per heavy atom. The topological polar surface area (TPSA) is 90.1 Å². The van der Waals surface area contributed by atoms with Crippen molar-refractivity contribution in [2.45, 2.75) is 45.8 Å². The number of hydrogen-bond donors (Lipinski definition) is 2. The Morgan fingerprint density at radius 2 is 2.11 bits per heavy atom. The number of nitrogens with two attached hydrogens (primary N) is 1. The summed E-state index contributed by atoms with van der Waals surface area (Å²) in [6.07, 6.45) is 3.49. The molecular weight excluding hydrogens is 244 g/mol. The Bertz CT molecular complexity index is 412. The van der Waals surface area contributed by atoms with Gasteiger partial charge in [0, 0.05) is 31.4 Å². The molecule has 0 bridgehead atoms. The van der Waals surface area contributed by atoms with Crippen molar-refractivity contribution in [3.8, 4) is 0 Å². The van der Waals surface area contributed by atoms with Crippen molar-refractivity contribution in [1.29, 1.82) is 0 Å². The molecule has 1 atom stereocenters. The molecule has 1 rings (SSSR count). The summed E-state index contributed by atoms with van der Waals surface area (Å²) in [4.78, 5) is 19.8. The molecular formula is C13H22N4O2. The van der Waals surface area contributed by atoms with E-state index in [0.717, 1.165) is 11.4 Å². The Balaban J connectivity index is 2.33. The van der Waals surface area contributed by atoms with Gasteiger partial charge in [-0.2, -0.15) is 0 Å². The van der Waals surface area contributed by atoms with E-state index in [-0.39, 0.29) is 6.04 Å². The number of nitrogens with one attached hydrogen (secondary N) is 1. The van der Waals surface area contributed by atoms with Crippen LogP contribution >= 0.6 is 0 Å². The third-order valence-electron chi connectivity index (χ3n) is 2.21. The van der Waals surface area contributed by atoms with Crippen LogP contribution in [0.1, 0.15) is 32.2 Å². The standard InChI is InChI=1S/C13H22N4O2/c1-9-6-16-11(8-15-9)5-10(14)7-17-12(18)19-13(2,3)4/h6,8,10H,5,7,14H2,1-4H3,(H,17,18). The fourth-order valence-electron chi connectivity index (χ4n) is 1.39. The van der Waals surface area contributed by atoms with E-state index in [9.17, 15) is 4.79 Å². The molecule has 0 saturated carbocycles. The highest BCUT2D eigenvalue weighted by atomic mass is 16.6. The third-order valence-corrected chi connectivity index (χ3v) is 2.21. The van der Waals surface area contributed by atoms with Crippen LogP contribution in [0.4, 0.5) is 4.79 Å². The van der Waals surface area contributed by atoms with Gasteiger partial charge in [-0.25, -0.2) is 4.79 Å². The predicted molar refractivity (Wildman–Crippen MR) is 72.7 cm³/mol. The first kappa shape index (κ1) is 15.4. The summed E-state index contributed by atoms with van der Waals surface area (Å²) >= 11 is 0. The molecule has 106 valence electrons. The van der Waals surface area contributed by atoms with Crippen LogP contribution in [-0.2, 0) is 11.2 Å². The number of ether oxygens (including phenoxy) is 1. The lowest BCUT2D eigenvalue weighted by Gasteiger charge is -2.20. The SMILES string of the molecule is Cc1cnc(CC(N)CNC(=O)OC(C)(C)C)cn1. The molecule has 0 radical (unpaired) electrons. The van der Waals surface area contributed by atoms with Gasteiger partial charge in [-0.1, -0.05) is 0 Å². The molecule has 1 aromatic heterocycles. The summed E-state index contributed by atoms with van der Waals surface area (Å²) in [7, 11) is 0. The zero-order chi connectivity index (χ0) is 14.5. The average molecular weight is 266 g/mol. The molecule has 1 amide bonds. The van der Waals surface area contributed by atoms with Crippen molar-refractivity contribution in [3.63, 3.8) is 0 Å². The maximum Gasteiger partial charge on any atom is 0.407 e. The van der Waals surface area contributed by atoms with Gasteiger partial charge in [0.2, 0.25) is 0 Å². The van der Waals surface area contributed by atoms with Crippen LogP contribution in [0.5, 0.6) is 0 Å². The summed E-state index contributed by atoms with van der Waals surface area (Å²) in [5.74, 6) is 0. The van der Waals surface area contributed by atoms with Gasteiger partial charge < -0.3 is 15.8 Å². The van der Waals surface area contributed by atoms with Gasteiger partial charge in [0.05, 0.1) is 11.4 Å². The van der Waals surface area contributed by atoms with Gasteiger partial charge >= 0.3 is 6.09 Å². The predicted octanol–water partition coefficient (Wildman–Crippen LogP) is 1.18. The van der Waals surface area contributed by atoms with Gasteiger partial charge in [0.15, 0.2) is 0 Å². The quantitative estimate of drug-likeness (QED) is 0.854. The smallest absolute Gasteiger partial charge is 0.407 e. The minimum atomic E-state index is -0.503. The second kappa shape index (κ2) is 6.47. The summed E-state index contributed by atoms with van der Waals surface area (Å²) in [5.41, 5.74) is 7.09. The van der Waals surface area contributed by atoms with Crippen LogP contribution in [0.2, 0.25) is 0 Å². The van der Waals surface area contributed by atoms with Gasteiger partial charge in [0.25, 0.3) is 0 Å². The normalized spacial score (nSPS) is 12.9. The Kier molecular flexibility index (Phi) is 5.23. The third kappa shape index (κ3) is 6.71. The first-order chi connectivity index (χ1) is 8.76. The molecule has 6 nitrogen and oxygen atoms in total. The molecule has 1 unspecified atom stereocenters. The minimum Gasteiger partial charge on any atom is -0.444 e. The fraction of sp³-hybridized carbons (Fsp3) is 0.615. The highest BCUT2D eigenvalue weighted by Gasteiger charge is 2.16. The number of amides is 1. The lowest BCUT2D eigenvalue weighted by Crippen LogP contribution is -2.41. The number of hydrogen-bond acceptors (Lipinski definition) is 5. The number of rotatable bonds is 4.